The molecule has 1 aromatic carbocycles. The van der Waals surface area contributed by atoms with Gasteiger partial charge in [0.1, 0.15) is 22.6 Å². The molecule has 0 aliphatic heterocycles. The van der Waals surface area contributed by atoms with E-state index in [1.807, 2.05) is 0 Å². The highest BCUT2D eigenvalue weighted by molar-refractivity contribution is 14.1. The van der Waals surface area contributed by atoms with E-state index in [2.05, 4.69) is 32.6 Å². The summed E-state index contributed by atoms with van der Waals surface area (Å²) in [5.41, 5.74) is 1.46. The van der Waals surface area contributed by atoms with Crippen LogP contribution in [0.4, 0.5) is 8.78 Å². The van der Waals surface area contributed by atoms with Gasteiger partial charge < -0.3 is 0 Å². The fraction of sp³-hybridized carbons (Fsp3) is 0.286. The van der Waals surface area contributed by atoms with Crippen molar-refractivity contribution in [3.8, 4) is 0 Å². The largest absolute Gasteiger partial charge is 0.236 e. The van der Waals surface area contributed by atoms with Crippen molar-refractivity contribution in [2.75, 3.05) is 0 Å². The van der Waals surface area contributed by atoms with Gasteiger partial charge in [0, 0.05) is 18.4 Å². The van der Waals surface area contributed by atoms with Crippen molar-refractivity contribution in [2.24, 2.45) is 0 Å². The van der Waals surface area contributed by atoms with Gasteiger partial charge in [-0.3, -0.25) is 0 Å². The van der Waals surface area contributed by atoms with Crippen molar-refractivity contribution in [2.45, 2.75) is 25.2 Å². The molecule has 0 N–H and O–H groups in total. The zero-order valence-electron chi connectivity index (χ0n) is 10.3. The third kappa shape index (κ3) is 3.09. The average molecular weight is 407 g/mol. The molecule has 2 nitrogen and oxygen atoms in total. The van der Waals surface area contributed by atoms with E-state index in [0.717, 1.165) is 28.2 Å². The molecule has 0 saturated heterocycles. The lowest BCUT2D eigenvalue weighted by molar-refractivity contribution is 0.580. The van der Waals surface area contributed by atoms with Gasteiger partial charge in [-0.1, -0.05) is 11.6 Å². The third-order valence-corrected chi connectivity index (χ3v) is 4.79. The second-order valence-corrected chi connectivity index (χ2v) is 6.30. The Balaban J connectivity index is 1.94. The quantitative estimate of drug-likeness (QED) is 0.555. The number of hydrogen-bond acceptors (Lipinski definition) is 2. The minimum Gasteiger partial charge on any atom is -0.236 e. The van der Waals surface area contributed by atoms with Crippen molar-refractivity contribution < 1.29 is 8.78 Å². The summed E-state index contributed by atoms with van der Waals surface area (Å²) in [6.45, 7) is 0. The highest BCUT2D eigenvalue weighted by atomic mass is 127. The van der Waals surface area contributed by atoms with Crippen LogP contribution in [-0.2, 0) is 6.42 Å². The summed E-state index contributed by atoms with van der Waals surface area (Å²) in [5.74, 6) is -0.245. The van der Waals surface area contributed by atoms with Crippen LogP contribution in [0.1, 0.15) is 35.8 Å². The van der Waals surface area contributed by atoms with E-state index < -0.39 is 11.6 Å². The summed E-state index contributed by atoms with van der Waals surface area (Å²) in [7, 11) is 0. The molecule has 0 amide bonds. The van der Waals surface area contributed by atoms with Gasteiger partial charge in [0.05, 0.1) is 9.26 Å². The Morgan fingerprint density at radius 2 is 1.80 bits per heavy atom. The standard InChI is InChI=1S/C14H10ClF2IN2/c15-14-12(18)13(8-1-2-8)19-11(20-14)5-7-3-9(16)6-10(17)4-7/h3-4,6,8H,1-2,5H2. The van der Waals surface area contributed by atoms with Crippen molar-refractivity contribution >= 4 is 34.2 Å². The molecule has 0 spiro atoms. The molecule has 3 rings (SSSR count). The van der Waals surface area contributed by atoms with E-state index in [9.17, 15) is 8.78 Å². The SMILES string of the molecule is Fc1cc(F)cc(Cc2nc(Cl)c(I)c(C3CC3)n2)c1. The van der Waals surface area contributed by atoms with Gasteiger partial charge in [-0.05, 0) is 53.1 Å². The lowest BCUT2D eigenvalue weighted by atomic mass is 10.1. The Labute approximate surface area is 133 Å². The zero-order chi connectivity index (χ0) is 14.3. The molecule has 1 saturated carbocycles. The molecule has 0 unspecified atom stereocenters. The first-order valence-electron chi connectivity index (χ1n) is 6.19. The first kappa shape index (κ1) is 14.1. The van der Waals surface area contributed by atoms with Gasteiger partial charge in [-0.2, -0.15) is 0 Å². The molecule has 1 fully saturated rings. The maximum Gasteiger partial charge on any atom is 0.146 e. The van der Waals surface area contributed by atoms with Crippen molar-refractivity contribution in [1.82, 2.24) is 9.97 Å². The van der Waals surface area contributed by atoms with Gasteiger partial charge in [0.2, 0.25) is 0 Å². The molecule has 1 aliphatic rings. The van der Waals surface area contributed by atoms with Crippen molar-refractivity contribution in [1.29, 1.82) is 0 Å². The Hall–Kier alpha value is -0.820. The summed E-state index contributed by atoms with van der Waals surface area (Å²) in [6, 6.07) is 3.42. The van der Waals surface area contributed by atoms with E-state index in [1.54, 1.807) is 0 Å². The number of halogens is 4. The van der Waals surface area contributed by atoms with E-state index in [-0.39, 0.29) is 6.42 Å². The van der Waals surface area contributed by atoms with Gasteiger partial charge in [-0.25, -0.2) is 18.7 Å². The van der Waals surface area contributed by atoms with Crippen LogP contribution in [0.2, 0.25) is 5.15 Å². The topological polar surface area (TPSA) is 25.8 Å². The molecule has 0 atom stereocenters. The molecule has 6 heteroatoms. The highest BCUT2D eigenvalue weighted by Crippen LogP contribution is 2.42. The molecule has 0 bridgehead atoms. The Morgan fingerprint density at radius 3 is 2.40 bits per heavy atom. The molecular weight excluding hydrogens is 397 g/mol. The van der Waals surface area contributed by atoms with Crippen LogP contribution < -0.4 is 0 Å². The Bertz CT molecular complexity index is 654. The van der Waals surface area contributed by atoms with Crippen LogP contribution in [-0.4, -0.2) is 9.97 Å². The molecular formula is C14H10ClF2IN2. The third-order valence-electron chi connectivity index (χ3n) is 3.13. The smallest absolute Gasteiger partial charge is 0.146 e. The van der Waals surface area contributed by atoms with E-state index in [4.69, 9.17) is 11.6 Å². The van der Waals surface area contributed by atoms with Crippen LogP contribution in [0.25, 0.3) is 0 Å². The summed E-state index contributed by atoms with van der Waals surface area (Å²) in [6.07, 6.45) is 2.49. The molecule has 2 aromatic rings. The van der Waals surface area contributed by atoms with Crippen LogP contribution in [0.5, 0.6) is 0 Å². The summed E-state index contributed by atoms with van der Waals surface area (Å²) in [5, 5.41) is 0.411. The molecule has 20 heavy (non-hydrogen) atoms. The molecule has 1 heterocycles. The number of aromatic nitrogens is 2. The number of nitrogens with zero attached hydrogens (tertiary/aromatic N) is 2. The van der Waals surface area contributed by atoms with Gasteiger partial charge in [0.15, 0.2) is 0 Å². The molecule has 0 radical (unpaired) electrons. The lowest BCUT2D eigenvalue weighted by Crippen LogP contribution is -2.04. The van der Waals surface area contributed by atoms with Gasteiger partial charge >= 0.3 is 0 Å². The minimum absolute atomic E-state index is 0.269. The summed E-state index contributed by atoms with van der Waals surface area (Å²) < 4.78 is 27.2. The Morgan fingerprint density at radius 1 is 1.15 bits per heavy atom. The predicted octanol–water partition coefficient (Wildman–Crippen LogP) is 4.48. The summed E-state index contributed by atoms with van der Waals surface area (Å²) in [4.78, 5) is 8.70. The van der Waals surface area contributed by atoms with Crippen LogP contribution in [0, 0.1) is 15.2 Å². The van der Waals surface area contributed by atoms with Crippen molar-refractivity contribution in [3.63, 3.8) is 0 Å². The average Bonchev–Trinajstić information content (AvgIpc) is 3.16. The van der Waals surface area contributed by atoms with Crippen LogP contribution in [0.15, 0.2) is 18.2 Å². The normalized spacial score (nSPS) is 14.6. The molecule has 1 aromatic heterocycles. The highest BCUT2D eigenvalue weighted by Gasteiger charge is 2.29. The van der Waals surface area contributed by atoms with E-state index in [1.165, 1.54) is 12.1 Å². The maximum absolute atomic E-state index is 13.2. The van der Waals surface area contributed by atoms with Crippen molar-refractivity contribution in [3.05, 3.63) is 55.6 Å². The lowest BCUT2D eigenvalue weighted by Gasteiger charge is -2.08. The van der Waals surface area contributed by atoms with E-state index >= 15 is 0 Å². The van der Waals surface area contributed by atoms with Gasteiger partial charge in [0.25, 0.3) is 0 Å². The predicted molar refractivity (Wildman–Crippen MR) is 80.9 cm³/mol. The molecule has 104 valence electrons. The van der Waals surface area contributed by atoms with Crippen LogP contribution >= 0.6 is 34.2 Å². The number of hydrogen-bond donors (Lipinski definition) is 0. The summed E-state index contributed by atoms with van der Waals surface area (Å²) >= 11 is 8.25. The Kier molecular flexibility index (Phi) is 3.90. The molecule has 1 aliphatic carbocycles. The second-order valence-electron chi connectivity index (χ2n) is 4.86. The van der Waals surface area contributed by atoms with Gasteiger partial charge in [-0.15, -0.1) is 0 Å². The fourth-order valence-electron chi connectivity index (χ4n) is 2.08. The monoisotopic (exact) mass is 406 g/mol. The zero-order valence-corrected chi connectivity index (χ0v) is 13.3. The number of benzene rings is 1. The first-order chi connectivity index (χ1) is 9.52. The fourth-order valence-corrected chi connectivity index (χ4v) is 2.96. The first-order valence-corrected chi connectivity index (χ1v) is 7.65. The minimum atomic E-state index is -0.598. The maximum atomic E-state index is 13.2. The number of rotatable bonds is 3. The van der Waals surface area contributed by atoms with Crippen LogP contribution in [0.3, 0.4) is 0 Å². The second kappa shape index (κ2) is 5.52. The van der Waals surface area contributed by atoms with E-state index in [0.29, 0.717) is 22.5 Å².